The van der Waals surface area contributed by atoms with Crippen molar-refractivity contribution in [3.05, 3.63) is 29.8 Å². The maximum atomic E-state index is 11.2. The van der Waals surface area contributed by atoms with Gasteiger partial charge < -0.3 is 9.47 Å². The van der Waals surface area contributed by atoms with E-state index in [4.69, 9.17) is 9.47 Å². The van der Waals surface area contributed by atoms with Gasteiger partial charge in [-0.3, -0.25) is 5.32 Å². The number of carbonyl (C=O) groups excluding carboxylic acids is 1. The van der Waals surface area contributed by atoms with Crippen LogP contribution < -0.4 is 5.32 Å². The molecule has 0 aromatic heterocycles. The molecular formula is C11H14NO3. The number of rotatable bonds is 4. The Morgan fingerprint density at radius 2 is 2.33 bits per heavy atom. The van der Waals surface area contributed by atoms with Crippen molar-refractivity contribution in [2.45, 2.75) is 6.92 Å². The van der Waals surface area contributed by atoms with E-state index in [-0.39, 0.29) is 6.61 Å². The average Bonchev–Trinajstić information content (AvgIpc) is 2.18. The highest BCUT2D eigenvalue weighted by molar-refractivity contribution is 5.84. The van der Waals surface area contributed by atoms with E-state index in [0.29, 0.717) is 12.3 Å². The highest BCUT2D eigenvalue weighted by atomic mass is 16.6. The van der Waals surface area contributed by atoms with E-state index in [1.165, 1.54) is 0 Å². The minimum atomic E-state index is -0.474. The molecule has 0 spiro atoms. The van der Waals surface area contributed by atoms with E-state index in [1.54, 1.807) is 19.2 Å². The van der Waals surface area contributed by atoms with Gasteiger partial charge in [0.15, 0.2) is 0 Å². The molecule has 0 aliphatic rings. The second-order valence-electron chi connectivity index (χ2n) is 3.01. The molecule has 15 heavy (non-hydrogen) atoms. The topological polar surface area (TPSA) is 47.6 Å². The number of benzene rings is 1. The van der Waals surface area contributed by atoms with Crippen LogP contribution in [0.5, 0.6) is 0 Å². The summed E-state index contributed by atoms with van der Waals surface area (Å²) in [5, 5.41) is 2.60. The smallest absolute Gasteiger partial charge is 0.411 e. The van der Waals surface area contributed by atoms with Crippen LogP contribution in [-0.4, -0.2) is 26.4 Å². The van der Waals surface area contributed by atoms with Crippen LogP contribution in [0, 0.1) is 13.0 Å². The molecule has 0 atom stereocenters. The molecule has 1 N–H and O–H groups in total. The Morgan fingerprint density at radius 3 is 3.00 bits per heavy atom. The molecule has 1 amide bonds. The zero-order valence-corrected chi connectivity index (χ0v) is 8.87. The lowest BCUT2D eigenvalue weighted by atomic mass is 10.2. The number of ether oxygens (including phenoxy) is 2. The predicted molar refractivity (Wildman–Crippen MR) is 56.9 cm³/mol. The van der Waals surface area contributed by atoms with Gasteiger partial charge in [0.05, 0.1) is 6.61 Å². The van der Waals surface area contributed by atoms with Gasteiger partial charge in [-0.2, -0.15) is 0 Å². The molecule has 1 rings (SSSR count). The number of anilines is 1. The lowest BCUT2D eigenvalue weighted by molar-refractivity contribution is 0.107. The molecular weight excluding hydrogens is 194 g/mol. The predicted octanol–water partition coefficient (Wildman–Crippen LogP) is 1.99. The van der Waals surface area contributed by atoms with Crippen LogP contribution in [0.4, 0.5) is 10.5 Å². The molecule has 0 saturated heterocycles. The molecule has 81 valence electrons. The molecule has 0 saturated carbocycles. The molecule has 0 aliphatic heterocycles. The Hall–Kier alpha value is -1.55. The van der Waals surface area contributed by atoms with Gasteiger partial charge >= 0.3 is 6.09 Å². The van der Waals surface area contributed by atoms with Crippen molar-refractivity contribution in [1.29, 1.82) is 0 Å². The minimum Gasteiger partial charge on any atom is -0.447 e. The molecule has 1 radical (unpaired) electrons. The van der Waals surface area contributed by atoms with Gasteiger partial charge in [0.1, 0.15) is 6.61 Å². The van der Waals surface area contributed by atoms with Gasteiger partial charge in [0.25, 0.3) is 0 Å². The summed E-state index contributed by atoms with van der Waals surface area (Å²) in [7, 11) is 1.55. The van der Waals surface area contributed by atoms with E-state index in [2.05, 4.69) is 11.4 Å². The summed E-state index contributed by atoms with van der Waals surface area (Å²) in [5.41, 5.74) is 1.67. The first-order valence-corrected chi connectivity index (χ1v) is 4.63. The molecule has 0 aliphatic carbocycles. The minimum absolute atomic E-state index is 0.250. The van der Waals surface area contributed by atoms with Crippen molar-refractivity contribution < 1.29 is 14.3 Å². The van der Waals surface area contributed by atoms with Gasteiger partial charge in [-0.25, -0.2) is 4.79 Å². The molecule has 1 aromatic carbocycles. The summed E-state index contributed by atoms with van der Waals surface area (Å²) < 4.78 is 9.59. The van der Waals surface area contributed by atoms with Crippen molar-refractivity contribution in [2.75, 3.05) is 25.6 Å². The summed E-state index contributed by atoms with van der Waals surface area (Å²) in [6, 6.07) is 8.31. The quantitative estimate of drug-likeness (QED) is 0.770. The van der Waals surface area contributed by atoms with Crippen LogP contribution in [0.1, 0.15) is 5.56 Å². The number of nitrogens with one attached hydrogen (secondary N) is 1. The van der Waals surface area contributed by atoms with Crippen LogP contribution in [0.3, 0.4) is 0 Å². The first kappa shape index (κ1) is 11.5. The summed E-state index contributed by atoms with van der Waals surface area (Å²) >= 11 is 0. The molecule has 0 fully saturated rings. The van der Waals surface area contributed by atoms with Crippen molar-refractivity contribution in [1.82, 2.24) is 0 Å². The Morgan fingerprint density at radius 1 is 1.53 bits per heavy atom. The van der Waals surface area contributed by atoms with Crippen molar-refractivity contribution >= 4 is 11.8 Å². The first-order chi connectivity index (χ1) is 7.22. The Kier molecular flexibility index (Phi) is 4.63. The van der Waals surface area contributed by atoms with E-state index in [1.807, 2.05) is 13.0 Å². The van der Waals surface area contributed by atoms with Crippen LogP contribution in [-0.2, 0) is 9.47 Å². The number of methoxy groups -OCH3 is 1. The van der Waals surface area contributed by atoms with E-state index in [9.17, 15) is 4.79 Å². The molecule has 1 aromatic rings. The van der Waals surface area contributed by atoms with Gasteiger partial charge in [-0.05, 0) is 30.7 Å². The maximum absolute atomic E-state index is 11.2. The summed E-state index contributed by atoms with van der Waals surface area (Å²) in [4.78, 5) is 11.2. The third kappa shape index (κ3) is 4.46. The van der Waals surface area contributed by atoms with Crippen LogP contribution in [0.15, 0.2) is 18.2 Å². The van der Waals surface area contributed by atoms with Crippen LogP contribution in [0.2, 0.25) is 0 Å². The lowest BCUT2D eigenvalue weighted by Gasteiger charge is -2.06. The van der Waals surface area contributed by atoms with Crippen LogP contribution in [0.25, 0.3) is 0 Å². The maximum Gasteiger partial charge on any atom is 0.411 e. The fourth-order valence-corrected chi connectivity index (χ4v) is 1.04. The van der Waals surface area contributed by atoms with Gasteiger partial charge in [-0.15, -0.1) is 0 Å². The van der Waals surface area contributed by atoms with Crippen molar-refractivity contribution in [3.63, 3.8) is 0 Å². The fraction of sp³-hybridized carbons (Fsp3) is 0.364. The molecule has 4 nitrogen and oxygen atoms in total. The molecule has 0 unspecified atom stereocenters. The zero-order valence-electron chi connectivity index (χ0n) is 8.87. The van der Waals surface area contributed by atoms with Crippen molar-refractivity contribution in [2.24, 2.45) is 0 Å². The summed E-state index contributed by atoms with van der Waals surface area (Å²) in [6.07, 6.45) is -0.474. The molecule has 4 heteroatoms. The fourth-order valence-electron chi connectivity index (χ4n) is 1.04. The normalized spacial score (nSPS) is 9.73. The largest absolute Gasteiger partial charge is 0.447 e. The van der Waals surface area contributed by atoms with Crippen LogP contribution >= 0.6 is 0 Å². The Labute approximate surface area is 89.2 Å². The van der Waals surface area contributed by atoms with Gasteiger partial charge in [-0.1, -0.05) is 6.07 Å². The average molecular weight is 208 g/mol. The van der Waals surface area contributed by atoms with Gasteiger partial charge in [0, 0.05) is 12.8 Å². The molecule has 0 heterocycles. The number of hydrogen-bond donors (Lipinski definition) is 1. The number of aryl methyl sites for hydroxylation is 1. The lowest BCUT2D eigenvalue weighted by Crippen LogP contribution is -2.16. The second kappa shape index (κ2) is 6.03. The van der Waals surface area contributed by atoms with Gasteiger partial charge in [0.2, 0.25) is 0 Å². The molecule has 0 bridgehead atoms. The number of amides is 1. The second-order valence-corrected chi connectivity index (χ2v) is 3.01. The monoisotopic (exact) mass is 208 g/mol. The van der Waals surface area contributed by atoms with E-state index < -0.39 is 6.09 Å². The number of carbonyl (C=O) groups is 1. The Balaban J connectivity index is 2.37. The van der Waals surface area contributed by atoms with E-state index in [0.717, 1.165) is 5.56 Å². The third-order valence-electron chi connectivity index (χ3n) is 1.71. The zero-order chi connectivity index (χ0) is 11.1. The highest BCUT2D eigenvalue weighted by Crippen LogP contribution is 2.08. The highest BCUT2D eigenvalue weighted by Gasteiger charge is 2.02. The number of hydrogen-bond acceptors (Lipinski definition) is 3. The summed E-state index contributed by atoms with van der Waals surface area (Å²) in [6.45, 7) is 2.55. The Bertz CT molecular complexity index is 325. The standard InChI is InChI=1S/C11H14NO3/c1-9-4-3-5-10(8-9)12-11(13)15-7-6-14-2/h3,5,8H,6-7H2,1-2H3,(H,12,13). The summed E-state index contributed by atoms with van der Waals surface area (Å²) in [5.74, 6) is 0. The third-order valence-corrected chi connectivity index (χ3v) is 1.71. The SMILES string of the molecule is COCCOC(=O)Nc1cc[c]c(C)c1. The first-order valence-electron chi connectivity index (χ1n) is 4.63. The van der Waals surface area contributed by atoms with Crippen molar-refractivity contribution in [3.8, 4) is 0 Å². The van der Waals surface area contributed by atoms with E-state index >= 15 is 0 Å².